The minimum absolute atomic E-state index is 0.238. The summed E-state index contributed by atoms with van der Waals surface area (Å²) in [6.45, 7) is 13.4. The molecule has 1 aromatic rings. The van der Waals surface area contributed by atoms with Crippen molar-refractivity contribution in [1.29, 1.82) is 0 Å². The molecular weight excluding hydrogens is 388 g/mol. The second-order valence-corrected chi connectivity index (χ2v) is 9.56. The molecule has 5 atom stereocenters. The molecule has 168 valence electrons. The second kappa shape index (κ2) is 8.37. The van der Waals surface area contributed by atoms with E-state index in [4.69, 9.17) is 33.2 Å². The van der Waals surface area contributed by atoms with Gasteiger partial charge in [0.25, 0.3) is 0 Å². The predicted octanol–water partition coefficient (Wildman–Crippen LogP) is 3.63. The zero-order valence-electron chi connectivity index (χ0n) is 18.8. The molecule has 0 amide bonds. The van der Waals surface area contributed by atoms with E-state index in [1.165, 1.54) is 0 Å². The fourth-order valence-corrected chi connectivity index (χ4v) is 4.01. The lowest BCUT2D eigenvalue weighted by molar-refractivity contribution is -0.236. The summed E-state index contributed by atoms with van der Waals surface area (Å²) >= 11 is 0. The largest absolute Gasteiger partial charge is 0.493 e. The molecule has 0 N–H and O–H groups in total. The van der Waals surface area contributed by atoms with E-state index in [-0.39, 0.29) is 24.4 Å². The first-order valence-corrected chi connectivity index (χ1v) is 10.8. The van der Waals surface area contributed by atoms with Crippen LogP contribution in [0.2, 0.25) is 0 Å². The van der Waals surface area contributed by atoms with Crippen molar-refractivity contribution in [3.05, 3.63) is 29.8 Å². The smallest absolute Gasteiger partial charge is 0.190 e. The number of rotatable bonds is 7. The molecule has 0 unspecified atom stereocenters. The fraction of sp³-hybridized carbons (Fsp3) is 0.739. The molecule has 3 aliphatic rings. The van der Waals surface area contributed by atoms with Crippen LogP contribution in [0.25, 0.3) is 0 Å². The summed E-state index contributed by atoms with van der Waals surface area (Å²) in [5.41, 5.74) is 1.05. The first kappa shape index (κ1) is 22.0. The number of hydrogen-bond acceptors (Lipinski definition) is 7. The predicted molar refractivity (Wildman–Crippen MR) is 109 cm³/mol. The highest BCUT2D eigenvalue weighted by molar-refractivity contribution is 5.27. The van der Waals surface area contributed by atoms with Crippen molar-refractivity contribution in [3.8, 4) is 5.75 Å². The molecular formula is C23H34O7. The minimum Gasteiger partial charge on any atom is -0.493 e. The van der Waals surface area contributed by atoms with E-state index in [2.05, 4.69) is 13.8 Å². The van der Waals surface area contributed by atoms with Gasteiger partial charge in [0.2, 0.25) is 0 Å². The Kier molecular flexibility index (Phi) is 6.14. The van der Waals surface area contributed by atoms with Gasteiger partial charge in [-0.2, -0.15) is 0 Å². The highest BCUT2D eigenvalue weighted by Gasteiger charge is 2.58. The van der Waals surface area contributed by atoms with Crippen molar-refractivity contribution in [3.63, 3.8) is 0 Å². The van der Waals surface area contributed by atoms with Gasteiger partial charge in [-0.25, -0.2) is 0 Å². The summed E-state index contributed by atoms with van der Waals surface area (Å²) in [6.07, 6.45) is -1.68. The van der Waals surface area contributed by atoms with Crippen molar-refractivity contribution >= 4 is 0 Å². The summed E-state index contributed by atoms with van der Waals surface area (Å²) in [5.74, 6) is 0.0136. The van der Waals surface area contributed by atoms with Crippen molar-refractivity contribution in [2.75, 3.05) is 13.2 Å². The van der Waals surface area contributed by atoms with E-state index in [0.29, 0.717) is 25.7 Å². The Hall–Kier alpha value is -1.22. The maximum Gasteiger partial charge on any atom is 0.190 e. The fourth-order valence-electron chi connectivity index (χ4n) is 4.01. The minimum atomic E-state index is -0.705. The van der Waals surface area contributed by atoms with E-state index in [9.17, 15) is 0 Å². The molecule has 0 radical (unpaired) electrons. The van der Waals surface area contributed by atoms with Gasteiger partial charge in [0, 0.05) is 0 Å². The Labute approximate surface area is 178 Å². The van der Waals surface area contributed by atoms with Crippen LogP contribution in [0, 0.1) is 5.92 Å². The standard InChI is InChI=1S/C23H34O7/c1-14(2)11-24-16-9-7-15(8-10-16)12-25-19-18(17-13-26-22(3,4)28-17)27-21-20(19)29-23(5,6)30-21/h7-10,14,17-21H,11-13H2,1-6H3/t17-,18-,19+,20+,21+/m0/s1. The van der Waals surface area contributed by atoms with Gasteiger partial charge in [0.05, 0.1) is 19.8 Å². The average Bonchev–Trinajstić information content (AvgIpc) is 3.28. The summed E-state index contributed by atoms with van der Waals surface area (Å²) in [4.78, 5) is 0. The maximum atomic E-state index is 6.32. The zero-order chi connectivity index (χ0) is 21.5. The molecule has 1 aromatic carbocycles. The van der Waals surface area contributed by atoms with Gasteiger partial charge in [0.15, 0.2) is 17.9 Å². The first-order valence-electron chi connectivity index (χ1n) is 10.8. The van der Waals surface area contributed by atoms with Gasteiger partial charge in [0.1, 0.15) is 30.2 Å². The van der Waals surface area contributed by atoms with E-state index >= 15 is 0 Å². The van der Waals surface area contributed by atoms with Crippen LogP contribution in [-0.2, 0) is 35.0 Å². The molecule has 3 fully saturated rings. The lowest BCUT2D eigenvalue weighted by Gasteiger charge is -2.29. The topological polar surface area (TPSA) is 64.6 Å². The van der Waals surface area contributed by atoms with E-state index in [1.807, 2.05) is 52.0 Å². The third-order valence-electron chi connectivity index (χ3n) is 5.37. The number of fused-ring (bicyclic) bond motifs is 1. The molecule has 0 saturated carbocycles. The van der Waals surface area contributed by atoms with E-state index in [0.717, 1.165) is 11.3 Å². The Morgan fingerprint density at radius 1 is 0.967 bits per heavy atom. The van der Waals surface area contributed by atoms with Crippen molar-refractivity contribution in [1.82, 2.24) is 0 Å². The van der Waals surface area contributed by atoms with Gasteiger partial charge < -0.3 is 33.2 Å². The van der Waals surface area contributed by atoms with Crippen LogP contribution in [0.4, 0.5) is 0 Å². The van der Waals surface area contributed by atoms with Gasteiger partial charge >= 0.3 is 0 Å². The van der Waals surface area contributed by atoms with Crippen molar-refractivity contribution in [2.45, 2.75) is 90.4 Å². The highest BCUT2D eigenvalue weighted by atomic mass is 16.8. The third-order valence-corrected chi connectivity index (χ3v) is 5.37. The first-order chi connectivity index (χ1) is 14.1. The van der Waals surface area contributed by atoms with Gasteiger partial charge in [-0.1, -0.05) is 26.0 Å². The van der Waals surface area contributed by atoms with Crippen LogP contribution in [0.1, 0.15) is 47.1 Å². The molecule has 30 heavy (non-hydrogen) atoms. The van der Waals surface area contributed by atoms with Crippen LogP contribution < -0.4 is 4.74 Å². The monoisotopic (exact) mass is 422 g/mol. The molecule has 0 aliphatic carbocycles. The molecule has 0 spiro atoms. The van der Waals surface area contributed by atoms with E-state index < -0.39 is 17.9 Å². The van der Waals surface area contributed by atoms with Gasteiger partial charge in [-0.3, -0.25) is 0 Å². The highest BCUT2D eigenvalue weighted by Crippen LogP contribution is 2.42. The number of benzene rings is 1. The summed E-state index contributed by atoms with van der Waals surface area (Å²) in [6, 6.07) is 7.99. The molecule has 7 nitrogen and oxygen atoms in total. The molecule has 3 aliphatic heterocycles. The number of ether oxygens (including phenoxy) is 7. The Bertz CT molecular complexity index is 715. The van der Waals surface area contributed by atoms with Crippen LogP contribution in [0.3, 0.4) is 0 Å². The summed E-state index contributed by atoms with van der Waals surface area (Å²) in [7, 11) is 0. The molecule has 3 heterocycles. The van der Waals surface area contributed by atoms with Crippen molar-refractivity contribution < 1.29 is 33.2 Å². The quantitative estimate of drug-likeness (QED) is 0.665. The molecule has 0 bridgehead atoms. The molecule has 4 rings (SSSR count). The lowest BCUT2D eigenvalue weighted by Crippen LogP contribution is -2.44. The van der Waals surface area contributed by atoms with Crippen LogP contribution >= 0.6 is 0 Å². The normalized spacial score (nSPS) is 34.4. The summed E-state index contributed by atoms with van der Waals surface area (Å²) < 4.78 is 42.1. The zero-order valence-corrected chi connectivity index (χ0v) is 18.8. The molecule has 7 heteroatoms. The van der Waals surface area contributed by atoms with Crippen molar-refractivity contribution in [2.24, 2.45) is 5.92 Å². The summed E-state index contributed by atoms with van der Waals surface area (Å²) in [5, 5.41) is 0. The van der Waals surface area contributed by atoms with Crippen LogP contribution in [0.15, 0.2) is 24.3 Å². The Morgan fingerprint density at radius 3 is 2.33 bits per heavy atom. The SMILES string of the molecule is CC(C)COc1ccc(CO[C@@H]2[C@H]([C@@H]3COC(C)(C)O3)O[C@@H]3OC(C)(C)O[C@@H]32)cc1. The third kappa shape index (κ3) is 4.98. The Balaban J connectivity index is 1.41. The van der Waals surface area contributed by atoms with E-state index in [1.54, 1.807) is 0 Å². The van der Waals surface area contributed by atoms with Gasteiger partial charge in [-0.05, 0) is 51.3 Å². The van der Waals surface area contributed by atoms with Crippen LogP contribution in [0.5, 0.6) is 5.75 Å². The van der Waals surface area contributed by atoms with Gasteiger partial charge in [-0.15, -0.1) is 0 Å². The Morgan fingerprint density at radius 2 is 1.70 bits per heavy atom. The average molecular weight is 423 g/mol. The second-order valence-electron chi connectivity index (χ2n) is 9.56. The lowest BCUT2D eigenvalue weighted by atomic mass is 10.1. The van der Waals surface area contributed by atoms with Crippen LogP contribution in [-0.4, -0.2) is 55.5 Å². The molecule has 3 saturated heterocycles. The molecule has 0 aromatic heterocycles. The number of hydrogen-bond donors (Lipinski definition) is 0. The maximum absolute atomic E-state index is 6.32.